The van der Waals surface area contributed by atoms with Crippen molar-refractivity contribution in [2.75, 3.05) is 5.32 Å². The molecule has 0 saturated carbocycles. The van der Waals surface area contributed by atoms with Crippen molar-refractivity contribution in [2.45, 2.75) is 33.2 Å². The number of rotatable bonds is 4. The average Bonchev–Trinajstić information content (AvgIpc) is 2.47. The highest BCUT2D eigenvalue weighted by atomic mass is 35.5. The maximum absolute atomic E-state index is 10.8. The molecular formula is C10H15ClN2O2S. The minimum atomic E-state index is -0.824. The van der Waals surface area contributed by atoms with Crippen LogP contribution in [0.4, 0.5) is 5.13 Å². The lowest BCUT2D eigenvalue weighted by Gasteiger charge is -2.30. The third-order valence-corrected chi connectivity index (χ3v) is 3.29. The van der Waals surface area contributed by atoms with Gasteiger partial charge in [-0.2, -0.15) is 0 Å². The van der Waals surface area contributed by atoms with Gasteiger partial charge in [0.1, 0.15) is 5.15 Å². The van der Waals surface area contributed by atoms with Crippen LogP contribution in [0.25, 0.3) is 0 Å². The van der Waals surface area contributed by atoms with Gasteiger partial charge >= 0.3 is 5.97 Å². The molecule has 4 nitrogen and oxygen atoms in total. The van der Waals surface area contributed by atoms with Crippen molar-refractivity contribution in [3.05, 3.63) is 10.5 Å². The summed E-state index contributed by atoms with van der Waals surface area (Å²) in [4.78, 5) is 14.8. The number of thiazole rings is 1. The largest absolute Gasteiger partial charge is 0.481 e. The third kappa shape index (κ3) is 3.98. The number of nitrogens with zero attached hydrogens (tertiary/aromatic N) is 1. The fourth-order valence-corrected chi connectivity index (χ4v) is 2.11. The second-order valence-corrected chi connectivity index (χ2v) is 5.88. The number of aromatic nitrogens is 1. The lowest BCUT2D eigenvalue weighted by Crippen LogP contribution is -2.36. The van der Waals surface area contributed by atoms with Gasteiger partial charge < -0.3 is 10.4 Å². The lowest BCUT2D eigenvalue weighted by molar-refractivity contribution is -0.137. The second-order valence-electron chi connectivity index (χ2n) is 4.64. The maximum atomic E-state index is 10.8. The minimum Gasteiger partial charge on any atom is -0.481 e. The van der Waals surface area contributed by atoms with Crippen LogP contribution in [0.3, 0.4) is 0 Å². The van der Waals surface area contributed by atoms with Gasteiger partial charge in [0, 0.05) is 11.4 Å². The van der Waals surface area contributed by atoms with Crippen LogP contribution in [0.15, 0.2) is 5.38 Å². The fourth-order valence-electron chi connectivity index (χ4n) is 1.22. The predicted octanol–water partition coefficient (Wildman–Crippen LogP) is 3.10. The number of carboxylic acids is 1. The first-order valence-electron chi connectivity index (χ1n) is 4.88. The van der Waals surface area contributed by atoms with Crippen molar-refractivity contribution in [2.24, 2.45) is 5.41 Å². The molecule has 0 amide bonds. The molecule has 1 rings (SSSR count). The monoisotopic (exact) mass is 262 g/mol. The van der Waals surface area contributed by atoms with Crippen LogP contribution in [0, 0.1) is 5.41 Å². The van der Waals surface area contributed by atoms with E-state index >= 15 is 0 Å². The van der Waals surface area contributed by atoms with Crippen molar-refractivity contribution in [3.8, 4) is 0 Å². The van der Waals surface area contributed by atoms with Crippen LogP contribution in [-0.4, -0.2) is 22.1 Å². The van der Waals surface area contributed by atoms with E-state index in [0.717, 1.165) is 0 Å². The molecule has 0 spiro atoms. The van der Waals surface area contributed by atoms with Gasteiger partial charge in [0.05, 0.1) is 6.42 Å². The number of aliphatic carboxylic acids is 1. The Morgan fingerprint density at radius 1 is 1.69 bits per heavy atom. The van der Waals surface area contributed by atoms with Crippen molar-refractivity contribution in [3.63, 3.8) is 0 Å². The molecule has 2 N–H and O–H groups in total. The van der Waals surface area contributed by atoms with Crippen LogP contribution in [0.1, 0.15) is 27.2 Å². The summed E-state index contributed by atoms with van der Waals surface area (Å²) >= 11 is 7.08. The number of anilines is 1. The molecule has 0 aliphatic carbocycles. The Balaban J connectivity index is 2.74. The summed E-state index contributed by atoms with van der Waals surface area (Å²) in [6.45, 7) is 5.97. The Labute approximate surface area is 104 Å². The molecule has 0 aromatic carbocycles. The average molecular weight is 263 g/mol. The van der Waals surface area contributed by atoms with Gasteiger partial charge in [-0.15, -0.1) is 11.3 Å². The van der Waals surface area contributed by atoms with E-state index in [4.69, 9.17) is 16.7 Å². The van der Waals surface area contributed by atoms with Gasteiger partial charge in [0.2, 0.25) is 0 Å². The topological polar surface area (TPSA) is 62.2 Å². The molecule has 0 saturated heterocycles. The van der Waals surface area contributed by atoms with Crippen LogP contribution < -0.4 is 5.32 Å². The van der Waals surface area contributed by atoms with Gasteiger partial charge in [-0.25, -0.2) is 4.98 Å². The zero-order valence-electron chi connectivity index (χ0n) is 9.45. The molecule has 90 valence electrons. The van der Waals surface area contributed by atoms with E-state index in [-0.39, 0.29) is 17.9 Å². The van der Waals surface area contributed by atoms with Crippen molar-refractivity contribution in [1.29, 1.82) is 0 Å². The van der Waals surface area contributed by atoms with Crippen molar-refractivity contribution < 1.29 is 9.90 Å². The molecule has 0 aliphatic heterocycles. The molecule has 0 fully saturated rings. The Kier molecular flexibility index (Phi) is 4.15. The molecule has 0 radical (unpaired) electrons. The standard InChI is InChI=1S/C10H15ClN2O2S/c1-10(2,3)6(4-8(14)15)12-9-13-7(11)5-16-9/h5-6H,4H2,1-3H3,(H,12,13)(H,14,15). The minimum absolute atomic E-state index is 0.0562. The molecule has 1 atom stereocenters. The molecule has 6 heteroatoms. The molecule has 1 aromatic rings. The number of carboxylic acid groups (broad SMARTS) is 1. The maximum Gasteiger partial charge on any atom is 0.305 e. The summed E-state index contributed by atoms with van der Waals surface area (Å²) in [6, 6.07) is -0.174. The number of carbonyl (C=O) groups is 1. The van der Waals surface area contributed by atoms with Crippen molar-refractivity contribution in [1.82, 2.24) is 4.98 Å². The highest BCUT2D eigenvalue weighted by Crippen LogP contribution is 2.28. The van der Waals surface area contributed by atoms with Crippen molar-refractivity contribution >= 4 is 34.0 Å². The van der Waals surface area contributed by atoms with Gasteiger partial charge in [-0.1, -0.05) is 32.4 Å². The van der Waals surface area contributed by atoms with E-state index in [9.17, 15) is 4.79 Å². The van der Waals surface area contributed by atoms with Gasteiger partial charge in [-0.3, -0.25) is 4.79 Å². The Morgan fingerprint density at radius 2 is 2.31 bits per heavy atom. The Hall–Kier alpha value is -0.810. The van der Waals surface area contributed by atoms with Gasteiger partial charge in [0.15, 0.2) is 5.13 Å². The number of hydrogen-bond donors (Lipinski definition) is 2. The van der Waals surface area contributed by atoms with Crippen LogP contribution >= 0.6 is 22.9 Å². The van der Waals surface area contributed by atoms with E-state index in [0.29, 0.717) is 10.3 Å². The van der Waals surface area contributed by atoms with Gasteiger partial charge in [-0.05, 0) is 5.41 Å². The smallest absolute Gasteiger partial charge is 0.305 e. The number of hydrogen-bond acceptors (Lipinski definition) is 4. The first-order valence-corrected chi connectivity index (χ1v) is 6.14. The molecular weight excluding hydrogens is 248 g/mol. The highest BCUT2D eigenvalue weighted by molar-refractivity contribution is 7.14. The lowest BCUT2D eigenvalue weighted by atomic mass is 9.85. The first kappa shape index (κ1) is 13.3. The molecule has 16 heavy (non-hydrogen) atoms. The molecule has 1 heterocycles. The summed E-state index contributed by atoms with van der Waals surface area (Å²) in [7, 11) is 0. The number of halogens is 1. The molecule has 1 unspecified atom stereocenters. The Morgan fingerprint density at radius 3 is 2.69 bits per heavy atom. The van der Waals surface area contributed by atoms with Crippen LogP contribution in [-0.2, 0) is 4.79 Å². The van der Waals surface area contributed by atoms with Gasteiger partial charge in [0.25, 0.3) is 0 Å². The SMILES string of the molecule is CC(C)(C)C(CC(=O)O)Nc1nc(Cl)cs1. The zero-order valence-corrected chi connectivity index (χ0v) is 11.0. The summed E-state index contributed by atoms with van der Waals surface area (Å²) in [6.07, 6.45) is 0.0562. The summed E-state index contributed by atoms with van der Waals surface area (Å²) < 4.78 is 0. The predicted molar refractivity (Wildman–Crippen MR) is 66.2 cm³/mol. The van der Waals surface area contributed by atoms with E-state index < -0.39 is 5.97 Å². The van der Waals surface area contributed by atoms with E-state index in [2.05, 4.69) is 10.3 Å². The van der Waals surface area contributed by atoms with Crippen LogP contribution in [0.5, 0.6) is 0 Å². The van der Waals surface area contributed by atoms with E-state index in [1.165, 1.54) is 11.3 Å². The second kappa shape index (κ2) is 5.01. The normalized spacial score (nSPS) is 13.5. The zero-order chi connectivity index (χ0) is 12.3. The highest BCUT2D eigenvalue weighted by Gasteiger charge is 2.27. The van der Waals surface area contributed by atoms with Crippen LogP contribution in [0.2, 0.25) is 5.15 Å². The number of nitrogens with one attached hydrogen (secondary N) is 1. The van der Waals surface area contributed by atoms with E-state index in [1.54, 1.807) is 5.38 Å². The summed E-state index contributed by atoms with van der Waals surface area (Å²) in [5.41, 5.74) is -0.156. The van der Waals surface area contributed by atoms with E-state index in [1.807, 2.05) is 20.8 Å². The third-order valence-electron chi connectivity index (χ3n) is 2.20. The summed E-state index contributed by atoms with van der Waals surface area (Å²) in [5, 5.41) is 14.8. The molecule has 0 aliphatic rings. The molecule has 0 bridgehead atoms. The quantitative estimate of drug-likeness (QED) is 0.875. The first-order chi connectivity index (χ1) is 7.29. The fraction of sp³-hybridized carbons (Fsp3) is 0.600. The Bertz CT molecular complexity index is 373. The summed E-state index contributed by atoms with van der Waals surface area (Å²) in [5.74, 6) is -0.824. The molecule has 1 aromatic heterocycles.